The van der Waals surface area contributed by atoms with Crippen LogP contribution in [-0.4, -0.2) is 12.6 Å². The highest BCUT2D eigenvalue weighted by molar-refractivity contribution is 9.10. The SMILES string of the molecule is COc1c(F)cc(Br)cc1CC1(N)CC1. The first-order valence-corrected chi connectivity index (χ1v) is 5.64. The number of methoxy groups -OCH3 is 1. The Morgan fingerprint density at radius 2 is 2.20 bits per heavy atom. The van der Waals surface area contributed by atoms with Crippen LogP contribution in [0.15, 0.2) is 16.6 Å². The fourth-order valence-corrected chi connectivity index (χ4v) is 2.17. The number of rotatable bonds is 3. The molecular weight excluding hydrogens is 261 g/mol. The molecule has 0 aromatic heterocycles. The molecule has 0 bridgehead atoms. The molecule has 2 N–H and O–H groups in total. The van der Waals surface area contributed by atoms with Gasteiger partial charge in [0.05, 0.1) is 7.11 Å². The van der Waals surface area contributed by atoms with Crippen LogP contribution in [0.2, 0.25) is 0 Å². The zero-order valence-corrected chi connectivity index (χ0v) is 10.1. The molecule has 0 heterocycles. The third-order valence-corrected chi connectivity index (χ3v) is 3.18. The molecule has 1 aliphatic carbocycles. The van der Waals surface area contributed by atoms with E-state index in [2.05, 4.69) is 15.9 Å². The molecule has 1 aliphatic rings. The summed E-state index contributed by atoms with van der Waals surface area (Å²) < 4.78 is 19.3. The molecule has 15 heavy (non-hydrogen) atoms. The molecule has 1 aromatic carbocycles. The van der Waals surface area contributed by atoms with Crippen molar-refractivity contribution in [1.29, 1.82) is 0 Å². The van der Waals surface area contributed by atoms with Crippen molar-refractivity contribution in [3.63, 3.8) is 0 Å². The average molecular weight is 274 g/mol. The largest absolute Gasteiger partial charge is 0.493 e. The Hall–Kier alpha value is -0.610. The van der Waals surface area contributed by atoms with Gasteiger partial charge < -0.3 is 10.5 Å². The average Bonchev–Trinajstić information content (AvgIpc) is 2.82. The minimum atomic E-state index is -0.342. The Kier molecular flexibility index (Phi) is 2.73. The lowest BCUT2D eigenvalue weighted by Crippen LogP contribution is -2.24. The van der Waals surface area contributed by atoms with E-state index < -0.39 is 0 Å². The van der Waals surface area contributed by atoms with Crippen molar-refractivity contribution < 1.29 is 9.13 Å². The molecule has 82 valence electrons. The molecule has 0 unspecified atom stereocenters. The third kappa shape index (κ3) is 2.32. The van der Waals surface area contributed by atoms with Crippen LogP contribution in [0.25, 0.3) is 0 Å². The Bertz CT molecular complexity index is 390. The minimum Gasteiger partial charge on any atom is -0.493 e. The first-order chi connectivity index (χ1) is 7.04. The van der Waals surface area contributed by atoms with Gasteiger partial charge in [-0.3, -0.25) is 0 Å². The van der Waals surface area contributed by atoms with Crippen molar-refractivity contribution in [1.82, 2.24) is 0 Å². The zero-order chi connectivity index (χ0) is 11.1. The van der Waals surface area contributed by atoms with E-state index in [1.807, 2.05) is 6.07 Å². The maximum Gasteiger partial charge on any atom is 0.166 e. The van der Waals surface area contributed by atoms with Gasteiger partial charge in [-0.25, -0.2) is 4.39 Å². The van der Waals surface area contributed by atoms with E-state index in [9.17, 15) is 4.39 Å². The second-order valence-corrected chi connectivity index (χ2v) is 5.03. The molecular formula is C11H13BrFNO. The lowest BCUT2D eigenvalue weighted by molar-refractivity contribution is 0.379. The maximum atomic E-state index is 13.5. The van der Waals surface area contributed by atoms with Crippen LogP contribution in [0.5, 0.6) is 5.75 Å². The first kappa shape index (κ1) is 10.9. The summed E-state index contributed by atoms with van der Waals surface area (Å²) in [7, 11) is 1.48. The monoisotopic (exact) mass is 273 g/mol. The van der Waals surface area contributed by atoms with Crippen LogP contribution >= 0.6 is 15.9 Å². The first-order valence-electron chi connectivity index (χ1n) is 4.85. The Morgan fingerprint density at radius 3 is 2.73 bits per heavy atom. The zero-order valence-electron chi connectivity index (χ0n) is 8.52. The quantitative estimate of drug-likeness (QED) is 0.919. The van der Waals surface area contributed by atoms with Gasteiger partial charge in [-0.2, -0.15) is 0 Å². The standard InChI is InChI=1S/C11H13BrFNO/c1-15-10-7(6-11(14)2-3-11)4-8(12)5-9(10)13/h4-5H,2-3,6,14H2,1H3. The summed E-state index contributed by atoms with van der Waals surface area (Å²) in [6, 6.07) is 3.27. The fourth-order valence-electron chi connectivity index (χ4n) is 1.69. The van der Waals surface area contributed by atoms with Gasteiger partial charge in [0.1, 0.15) is 0 Å². The molecule has 1 fully saturated rings. The van der Waals surface area contributed by atoms with Crippen molar-refractivity contribution in [2.45, 2.75) is 24.8 Å². The maximum absolute atomic E-state index is 13.5. The second kappa shape index (κ2) is 3.76. The van der Waals surface area contributed by atoms with Crippen LogP contribution < -0.4 is 10.5 Å². The summed E-state index contributed by atoms with van der Waals surface area (Å²) in [6.07, 6.45) is 2.68. The van der Waals surface area contributed by atoms with Gasteiger partial charge in [-0.15, -0.1) is 0 Å². The molecule has 4 heteroatoms. The molecule has 1 aromatic rings. The number of halogens is 2. The number of benzene rings is 1. The summed E-state index contributed by atoms with van der Waals surface area (Å²) >= 11 is 3.27. The van der Waals surface area contributed by atoms with Gasteiger partial charge in [0.2, 0.25) is 0 Å². The van der Waals surface area contributed by atoms with Crippen LogP contribution in [0, 0.1) is 5.82 Å². The molecule has 0 saturated heterocycles. The van der Waals surface area contributed by atoms with E-state index in [1.165, 1.54) is 13.2 Å². The fraction of sp³-hybridized carbons (Fsp3) is 0.455. The van der Waals surface area contributed by atoms with E-state index >= 15 is 0 Å². The van der Waals surface area contributed by atoms with E-state index in [0.717, 1.165) is 22.9 Å². The minimum absolute atomic E-state index is 0.138. The predicted octanol–water partition coefficient (Wildman–Crippen LogP) is 2.63. The highest BCUT2D eigenvalue weighted by Crippen LogP contribution is 2.39. The Morgan fingerprint density at radius 1 is 1.53 bits per heavy atom. The van der Waals surface area contributed by atoms with Crippen LogP contribution in [0.1, 0.15) is 18.4 Å². The molecule has 2 nitrogen and oxygen atoms in total. The smallest absolute Gasteiger partial charge is 0.166 e. The van der Waals surface area contributed by atoms with E-state index in [0.29, 0.717) is 12.2 Å². The summed E-state index contributed by atoms with van der Waals surface area (Å²) in [5.74, 6) is -0.0268. The molecule has 0 radical (unpaired) electrons. The molecule has 0 atom stereocenters. The van der Waals surface area contributed by atoms with Crippen molar-refractivity contribution >= 4 is 15.9 Å². The number of hydrogen-bond donors (Lipinski definition) is 1. The topological polar surface area (TPSA) is 35.2 Å². The van der Waals surface area contributed by atoms with Crippen LogP contribution in [0.4, 0.5) is 4.39 Å². The molecule has 2 rings (SSSR count). The van der Waals surface area contributed by atoms with Crippen molar-refractivity contribution in [3.05, 3.63) is 28.0 Å². The van der Waals surface area contributed by atoms with Gasteiger partial charge in [0.15, 0.2) is 11.6 Å². The number of nitrogens with two attached hydrogens (primary N) is 1. The van der Waals surface area contributed by atoms with Gasteiger partial charge in [-0.05, 0) is 31.4 Å². The van der Waals surface area contributed by atoms with E-state index in [-0.39, 0.29) is 11.4 Å². The van der Waals surface area contributed by atoms with Crippen molar-refractivity contribution in [2.24, 2.45) is 5.73 Å². The lowest BCUT2D eigenvalue weighted by atomic mass is 10.0. The predicted molar refractivity (Wildman–Crippen MR) is 60.5 cm³/mol. The number of ether oxygens (including phenoxy) is 1. The number of hydrogen-bond acceptors (Lipinski definition) is 2. The summed E-state index contributed by atoms with van der Waals surface area (Å²) in [5.41, 5.74) is 6.71. The highest BCUT2D eigenvalue weighted by Gasteiger charge is 2.39. The molecule has 1 saturated carbocycles. The summed E-state index contributed by atoms with van der Waals surface area (Å²) in [6.45, 7) is 0. The summed E-state index contributed by atoms with van der Waals surface area (Å²) in [5, 5.41) is 0. The van der Waals surface area contributed by atoms with E-state index in [1.54, 1.807) is 0 Å². The van der Waals surface area contributed by atoms with Crippen molar-refractivity contribution in [3.8, 4) is 5.75 Å². The summed E-state index contributed by atoms with van der Waals surface area (Å²) in [4.78, 5) is 0. The van der Waals surface area contributed by atoms with Crippen LogP contribution in [0.3, 0.4) is 0 Å². The molecule has 0 spiro atoms. The normalized spacial score (nSPS) is 17.6. The van der Waals surface area contributed by atoms with Crippen molar-refractivity contribution in [2.75, 3.05) is 7.11 Å². The molecule has 0 aliphatic heterocycles. The Labute approximate surface area is 96.7 Å². The van der Waals surface area contributed by atoms with Gasteiger partial charge >= 0.3 is 0 Å². The van der Waals surface area contributed by atoms with Gasteiger partial charge in [0, 0.05) is 15.6 Å². The van der Waals surface area contributed by atoms with Gasteiger partial charge in [0.25, 0.3) is 0 Å². The third-order valence-electron chi connectivity index (χ3n) is 2.72. The second-order valence-electron chi connectivity index (χ2n) is 4.12. The molecule has 0 amide bonds. The van der Waals surface area contributed by atoms with Gasteiger partial charge in [-0.1, -0.05) is 15.9 Å². The lowest BCUT2D eigenvalue weighted by Gasteiger charge is -2.13. The van der Waals surface area contributed by atoms with Crippen LogP contribution in [-0.2, 0) is 6.42 Å². The highest BCUT2D eigenvalue weighted by atomic mass is 79.9. The Balaban J connectivity index is 2.35. The van der Waals surface area contributed by atoms with E-state index in [4.69, 9.17) is 10.5 Å².